The Morgan fingerprint density at radius 1 is 0.938 bits per heavy atom. The maximum atomic E-state index is 3.19. The molecule has 94 valence electrons. The fourth-order valence-corrected chi connectivity index (χ4v) is 1.49. The van der Waals surface area contributed by atoms with Crippen LogP contribution in [0.2, 0.25) is 0 Å². The van der Waals surface area contributed by atoms with Crippen molar-refractivity contribution < 1.29 is 38.0 Å². The number of rotatable bonds is 4. The van der Waals surface area contributed by atoms with Crippen molar-refractivity contribution in [2.24, 2.45) is 0 Å². The fourth-order valence-electron chi connectivity index (χ4n) is 1.49. The van der Waals surface area contributed by atoms with Gasteiger partial charge in [0.15, 0.2) is 0 Å². The monoisotopic (exact) mass is 465 g/mol. The molecule has 0 N–H and O–H groups in total. The van der Waals surface area contributed by atoms with Crippen molar-refractivity contribution in [3.8, 4) is 0 Å². The largest absolute Gasteiger partial charge is 2.00 e. The van der Waals surface area contributed by atoms with Crippen LogP contribution in [0.4, 0.5) is 0 Å². The predicted octanol–water partition coefficient (Wildman–Crippen LogP) is -1.39. The summed E-state index contributed by atoms with van der Waals surface area (Å²) >= 11 is 0. The standard InChI is InChI=1S/C12H19N2.BrH.Pt/c1-13(2)9-11-6-5-7-12(8-11)10-14(3)4;;/h6-8H,9-10H2,1-4H3;1H;/q-1;;+2/p-1. The first-order valence-electron chi connectivity index (χ1n) is 4.86. The van der Waals surface area contributed by atoms with E-state index in [2.05, 4.69) is 62.3 Å². The molecule has 0 aromatic heterocycles. The molecule has 4 heteroatoms. The summed E-state index contributed by atoms with van der Waals surface area (Å²) in [5.74, 6) is 0. The number of hydrogen-bond acceptors (Lipinski definition) is 2. The summed E-state index contributed by atoms with van der Waals surface area (Å²) in [5.41, 5.74) is 2.66. The molecule has 0 saturated heterocycles. The molecule has 0 aliphatic rings. The van der Waals surface area contributed by atoms with Crippen LogP contribution >= 0.6 is 0 Å². The van der Waals surface area contributed by atoms with Crippen LogP contribution in [0.3, 0.4) is 0 Å². The summed E-state index contributed by atoms with van der Waals surface area (Å²) in [5, 5.41) is 0. The summed E-state index contributed by atoms with van der Waals surface area (Å²) in [7, 11) is 8.33. The van der Waals surface area contributed by atoms with Crippen LogP contribution in [0, 0.1) is 6.07 Å². The van der Waals surface area contributed by atoms with Gasteiger partial charge in [0.05, 0.1) is 0 Å². The first-order chi connectivity index (χ1) is 6.58. The smallest absolute Gasteiger partial charge is 1.00 e. The van der Waals surface area contributed by atoms with Crippen molar-refractivity contribution in [2.45, 2.75) is 13.1 Å². The Kier molecular flexibility index (Phi) is 10.9. The molecule has 1 rings (SSSR count). The number of hydrogen-bond donors (Lipinski definition) is 0. The van der Waals surface area contributed by atoms with E-state index in [1.807, 2.05) is 0 Å². The average molecular weight is 466 g/mol. The molecule has 1 aromatic carbocycles. The number of benzene rings is 1. The third kappa shape index (κ3) is 7.56. The molecular formula is C12H19BrN2Pt. The second kappa shape index (κ2) is 9.35. The molecule has 0 saturated carbocycles. The molecule has 0 fully saturated rings. The van der Waals surface area contributed by atoms with Crippen molar-refractivity contribution in [2.75, 3.05) is 28.2 Å². The Morgan fingerprint density at radius 3 is 1.62 bits per heavy atom. The SMILES string of the molecule is CN(C)Cc1c[c-]cc(CN(C)C)c1.[Br-].[Pt+2]. The van der Waals surface area contributed by atoms with Crippen molar-refractivity contribution in [3.05, 3.63) is 35.4 Å². The molecule has 0 atom stereocenters. The van der Waals surface area contributed by atoms with Gasteiger partial charge in [0.2, 0.25) is 0 Å². The van der Waals surface area contributed by atoms with Crippen LogP contribution in [0.1, 0.15) is 11.1 Å². The summed E-state index contributed by atoms with van der Waals surface area (Å²) in [6.45, 7) is 1.97. The minimum Gasteiger partial charge on any atom is -1.00 e. The zero-order chi connectivity index (χ0) is 10.6. The predicted molar refractivity (Wildman–Crippen MR) is 60.1 cm³/mol. The maximum Gasteiger partial charge on any atom is 2.00 e. The Hall–Kier alpha value is 0.308. The quantitative estimate of drug-likeness (QED) is 0.505. The van der Waals surface area contributed by atoms with E-state index in [1.165, 1.54) is 11.1 Å². The van der Waals surface area contributed by atoms with Gasteiger partial charge in [-0.15, -0.1) is 11.1 Å². The normalized spacial score (nSPS) is 9.88. The van der Waals surface area contributed by atoms with Gasteiger partial charge in [-0.1, -0.05) is 0 Å². The summed E-state index contributed by atoms with van der Waals surface area (Å²) in [6.07, 6.45) is 0. The zero-order valence-corrected chi connectivity index (χ0v) is 14.1. The molecule has 16 heavy (non-hydrogen) atoms. The minimum absolute atomic E-state index is 0. The number of nitrogens with zero attached hydrogens (tertiary/aromatic N) is 2. The summed E-state index contributed by atoms with van der Waals surface area (Å²) in [4.78, 5) is 4.34. The molecule has 0 unspecified atom stereocenters. The molecule has 0 bridgehead atoms. The fraction of sp³-hybridized carbons (Fsp3) is 0.500. The first kappa shape index (κ1) is 18.7. The van der Waals surface area contributed by atoms with Gasteiger partial charge in [-0.05, 0) is 41.3 Å². The van der Waals surface area contributed by atoms with E-state index in [-0.39, 0.29) is 38.0 Å². The van der Waals surface area contributed by atoms with Crippen LogP contribution in [0.15, 0.2) is 18.2 Å². The van der Waals surface area contributed by atoms with Crippen molar-refractivity contribution in [1.29, 1.82) is 0 Å². The Balaban J connectivity index is 0. The number of halogens is 1. The first-order valence-corrected chi connectivity index (χ1v) is 4.86. The second-order valence-electron chi connectivity index (χ2n) is 4.23. The summed E-state index contributed by atoms with van der Waals surface area (Å²) < 4.78 is 0. The summed E-state index contributed by atoms with van der Waals surface area (Å²) in [6, 6.07) is 9.54. The zero-order valence-electron chi connectivity index (χ0n) is 10.2. The topological polar surface area (TPSA) is 6.48 Å². The Labute approximate surface area is 124 Å². The van der Waals surface area contributed by atoms with Gasteiger partial charge in [0.1, 0.15) is 0 Å². The average Bonchev–Trinajstić information content (AvgIpc) is 2.01. The second-order valence-corrected chi connectivity index (χ2v) is 4.23. The molecular weight excluding hydrogens is 447 g/mol. The van der Waals surface area contributed by atoms with Gasteiger partial charge in [-0.25, -0.2) is 0 Å². The van der Waals surface area contributed by atoms with Crippen molar-refractivity contribution >= 4 is 0 Å². The van der Waals surface area contributed by atoms with Crippen LogP contribution in [-0.4, -0.2) is 38.0 Å². The van der Waals surface area contributed by atoms with Gasteiger partial charge in [0, 0.05) is 0 Å². The molecule has 0 heterocycles. The van der Waals surface area contributed by atoms with Gasteiger partial charge in [0.25, 0.3) is 0 Å². The van der Waals surface area contributed by atoms with Crippen LogP contribution < -0.4 is 17.0 Å². The molecule has 0 amide bonds. The van der Waals surface area contributed by atoms with Crippen LogP contribution in [-0.2, 0) is 34.2 Å². The van der Waals surface area contributed by atoms with Crippen LogP contribution in [0.25, 0.3) is 0 Å². The molecule has 2 nitrogen and oxygen atoms in total. The van der Waals surface area contributed by atoms with E-state index in [4.69, 9.17) is 0 Å². The van der Waals surface area contributed by atoms with Gasteiger partial charge < -0.3 is 26.8 Å². The maximum absolute atomic E-state index is 3.19. The van der Waals surface area contributed by atoms with E-state index >= 15 is 0 Å². The molecule has 1 aromatic rings. The Morgan fingerprint density at radius 2 is 1.31 bits per heavy atom. The molecule has 0 radical (unpaired) electrons. The van der Waals surface area contributed by atoms with Gasteiger partial charge in [-0.2, -0.15) is 24.3 Å². The van der Waals surface area contributed by atoms with E-state index < -0.39 is 0 Å². The Bertz CT molecular complexity index is 265. The molecule has 0 aliphatic heterocycles. The molecule has 0 spiro atoms. The minimum atomic E-state index is 0. The van der Waals surface area contributed by atoms with Crippen molar-refractivity contribution in [3.63, 3.8) is 0 Å². The van der Waals surface area contributed by atoms with E-state index in [0.717, 1.165) is 13.1 Å². The molecule has 0 aliphatic carbocycles. The van der Waals surface area contributed by atoms with Crippen LogP contribution in [0.5, 0.6) is 0 Å². The third-order valence-corrected chi connectivity index (χ3v) is 1.91. The third-order valence-electron chi connectivity index (χ3n) is 1.91. The van der Waals surface area contributed by atoms with Crippen molar-refractivity contribution in [1.82, 2.24) is 9.80 Å². The van der Waals surface area contributed by atoms with Gasteiger partial charge >= 0.3 is 21.1 Å². The van der Waals surface area contributed by atoms with Gasteiger partial charge in [-0.3, -0.25) is 0 Å². The van der Waals surface area contributed by atoms with E-state index in [1.54, 1.807) is 0 Å². The van der Waals surface area contributed by atoms with E-state index in [9.17, 15) is 0 Å². The van der Waals surface area contributed by atoms with E-state index in [0.29, 0.717) is 0 Å².